The molecule has 6 heteroatoms. The van der Waals surface area contributed by atoms with Gasteiger partial charge in [-0.1, -0.05) is 30.3 Å². The van der Waals surface area contributed by atoms with Crippen LogP contribution in [0.5, 0.6) is 0 Å². The molecular weight excluding hydrogens is 267 g/mol. The Labute approximate surface area is 117 Å². The highest BCUT2D eigenvalue weighted by Gasteiger charge is 2.38. The molecule has 0 aliphatic rings. The Morgan fingerprint density at radius 3 is 1.95 bits per heavy atom. The fraction of sp³-hybridized carbons (Fsp3) is 0.571. The van der Waals surface area contributed by atoms with Crippen LogP contribution in [0.4, 0.5) is 4.39 Å². The highest BCUT2D eigenvalue weighted by Crippen LogP contribution is 2.25. The Hall–Kier alpha value is -1.05. The van der Waals surface area contributed by atoms with E-state index in [9.17, 15) is 14.6 Å². The molecule has 0 aliphatic carbocycles. The third kappa shape index (κ3) is 3.97. The van der Waals surface area contributed by atoms with E-state index in [-0.39, 0.29) is 0 Å². The predicted molar refractivity (Wildman–Crippen MR) is 70.9 cm³/mol. The van der Waals surface area contributed by atoms with Gasteiger partial charge in [-0.3, -0.25) is 0 Å². The number of alkyl halides is 1. The third-order valence-corrected chi connectivity index (χ3v) is 3.11. The molecular formula is C14H21FO5. The molecule has 114 valence electrons. The summed E-state index contributed by atoms with van der Waals surface area (Å²) >= 11 is 0. The largest absolute Gasteiger partial charge is 0.387 e. The summed E-state index contributed by atoms with van der Waals surface area (Å²) in [6.45, 7) is 0. The number of aliphatic hydroxyl groups is 2. The zero-order valence-electron chi connectivity index (χ0n) is 11.8. The van der Waals surface area contributed by atoms with Crippen molar-refractivity contribution in [2.75, 3.05) is 21.3 Å². The lowest BCUT2D eigenvalue weighted by atomic mass is 9.97. The van der Waals surface area contributed by atoms with Gasteiger partial charge >= 0.3 is 0 Å². The first-order valence-electron chi connectivity index (χ1n) is 6.20. The van der Waals surface area contributed by atoms with Crippen molar-refractivity contribution in [2.24, 2.45) is 0 Å². The summed E-state index contributed by atoms with van der Waals surface area (Å²) in [5, 5.41) is 20.2. The van der Waals surface area contributed by atoms with Crippen molar-refractivity contribution in [3.63, 3.8) is 0 Å². The monoisotopic (exact) mass is 288 g/mol. The topological polar surface area (TPSA) is 68.2 Å². The molecule has 2 N–H and O–H groups in total. The summed E-state index contributed by atoms with van der Waals surface area (Å²) in [5.74, 6) is 0. The zero-order valence-corrected chi connectivity index (χ0v) is 11.8. The summed E-state index contributed by atoms with van der Waals surface area (Å²) in [6, 6.07) is 8.59. The lowest BCUT2D eigenvalue weighted by molar-refractivity contribution is -0.193. The Bertz CT molecular complexity index is 371. The van der Waals surface area contributed by atoms with Crippen LogP contribution in [0.15, 0.2) is 30.3 Å². The van der Waals surface area contributed by atoms with Gasteiger partial charge in [-0.2, -0.15) is 0 Å². The summed E-state index contributed by atoms with van der Waals surface area (Å²) in [6.07, 6.45) is -6.98. The molecule has 0 amide bonds. The molecule has 4 unspecified atom stereocenters. The van der Waals surface area contributed by atoms with Crippen molar-refractivity contribution in [2.45, 2.75) is 30.8 Å². The standard InChI is InChI=1S/C14H21FO5/c1-18-13(11(16)9-7-5-4-6-8-9)12(17)10(15)14(19-2)20-3/h4-8,10-14,16-17H,1-3H3. The number of aliphatic hydroxyl groups excluding tert-OH is 2. The van der Waals surface area contributed by atoms with E-state index in [1.807, 2.05) is 0 Å². The van der Waals surface area contributed by atoms with Gasteiger partial charge in [0.05, 0.1) is 0 Å². The van der Waals surface area contributed by atoms with Crippen LogP contribution < -0.4 is 0 Å². The third-order valence-electron chi connectivity index (χ3n) is 3.11. The molecule has 0 radical (unpaired) electrons. The van der Waals surface area contributed by atoms with Crippen molar-refractivity contribution in [1.29, 1.82) is 0 Å². The minimum Gasteiger partial charge on any atom is -0.387 e. The molecule has 1 aromatic carbocycles. The zero-order chi connectivity index (χ0) is 15.1. The molecule has 0 saturated heterocycles. The molecule has 4 atom stereocenters. The summed E-state index contributed by atoms with van der Waals surface area (Å²) in [4.78, 5) is 0. The number of hydrogen-bond donors (Lipinski definition) is 2. The average Bonchev–Trinajstić information content (AvgIpc) is 2.49. The van der Waals surface area contributed by atoms with E-state index in [0.717, 1.165) is 0 Å². The van der Waals surface area contributed by atoms with Crippen LogP contribution in [-0.4, -0.2) is 56.2 Å². The van der Waals surface area contributed by atoms with Gasteiger partial charge in [-0.25, -0.2) is 4.39 Å². The fourth-order valence-corrected chi connectivity index (χ4v) is 1.99. The van der Waals surface area contributed by atoms with Crippen molar-refractivity contribution >= 4 is 0 Å². The first-order chi connectivity index (χ1) is 9.56. The fourth-order valence-electron chi connectivity index (χ4n) is 1.99. The Balaban J connectivity index is 2.84. The lowest BCUT2D eigenvalue weighted by Gasteiger charge is -2.30. The van der Waals surface area contributed by atoms with Crippen molar-refractivity contribution in [1.82, 2.24) is 0 Å². The van der Waals surface area contributed by atoms with Crippen LogP contribution in [-0.2, 0) is 14.2 Å². The van der Waals surface area contributed by atoms with E-state index in [1.54, 1.807) is 30.3 Å². The van der Waals surface area contributed by atoms with Gasteiger partial charge in [-0.05, 0) is 5.56 Å². The van der Waals surface area contributed by atoms with E-state index >= 15 is 0 Å². The molecule has 0 bridgehead atoms. The van der Waals surface area contributed by atoms with Gasteiger partial charge in [0.15, 0.2) is 12.5 Å². The summed E-state index contributed by atoms with van der Waals surface area (Å²) in [7, 11) is 3.83. The second-order valence-corrected chi connectivity index (χ2v) is 4.33. The number of ether oxygens (including phenoxy) is 3. The number of halogens is 1. The maximum Gasteiger partial charge on any atom is 0.190 e. The number of rotatable bonds is 8. The second kappa shape index (κ2) is 8.28. The molecule has 20 heavy (non-hydrogen) atoms. The van der Waals surface area contributed by atoms with Gasteiger partial charge in [-0.15, -0.1) is 0 Å². The first-order valence-corrected chi connectivity index (χ1v) is 6.20. The van der Waals surface area contributed by atoms with E-state index in [0.29, 0.717) is 5.56 Å². The van der Waals surface area contributed by atoms with Gasteiger partial charge in [0.1, 0.15) is 18.3 Å². The van der Waals surface area contributed by atoms with Crippen LogP contribution in [0.2, 0.25) is 0 Å². The molecule has 0 saturated carbocycles. The molecule has 1 rings (SSSR count). The number of hydrogen-bond acceptors (Lipinski definition) is 5. The molecule has 0 spiro atoms. The maximum atomic E-state index is 14.1. The van der Waals surface area contributed by atoms with E-state index in [1.165, 1.54) is 21.3 Å². The van der Waals surface area contributed by atoms with Crippen LogP contribution >= 0.6 is 0 Å². The van der Waals surface area contributed by atoms with Gasteiger partial charge in [0.25, 0.3) is 0 Å². The summed E-state index contributed by atoms with van der Waals surface area (Å²) < 4.78 is 28.7. The minimum absolute atomic E-state index is 0.525. The molecule has 0 heterocycles. The normalized spacial score (nSPS) is 17.8. The van der Waals surface area contributed by atoms with E-state index in [4.69, 9.17) is 14.2 Å². The Kier molecular flexibility index (Phi) is 7.04. The highest BCUT2D eigenvalue weighted by molar-refractivity contribution is 5.19. The van der Waals surface area contributed by atoms with Gasteiger partial charge in [0, 0.05) is 21.3 Å². The maximum absolute atomic E-state index is 14.1. The average molecular weight is 288 g/mol. The SMILES string of the molecule is COC(OC)C(F)C(O)C(OC)C(O)c1ccccc1. The number of benzene rings is 1. The van der Waals surface area contributed by atoms with Crippen LogP contribution in [0.25, 0.3) is 0 Å². The van der Waals surface area contributed by atoms with Crippen LogP contribution in [0.3, 0.4) is 0 Å². The van der Waals surface area contributed by atoms with Crippen LogP contribution in [0, 0.1) is 0 Å². The predicted octanol–water partition coefficient (Wildman–Crippen LogP) is 1.05. The Morgan fingerprint density at radius 1 is 0.950 bits per heavy atom. The number of methoxy groups -OCH3 is 3. The van der Waals surface area contributed by atoms with Crippen molar-refractivity contribution in [3.8, 4) is 0 Å². The summed E-state index contributed by atoms with van der Waals surface area (Å²) in [5.41, 5.74) is 0.525. The van der Waals surface area contributed by atoms with Crippen molar-refractivity contribution < 1.29 is 28.8 Å². The van der Waals surface area contributed by atoms with E-state index in [2.05, 4.69) is 0 Å². The van der Waals surface area contributed by atoms with Gasteiger partial charge < -0.3 is 24.4 Å². The first kappa shape index (κ1) is 17.0. The second-order valence-electron chi connectivity index (χ2n) is 4.33. The molecule has 0 fully saturated rings. The highest BCUT2D eigenvalue weighted by atomic mass is 19.1. The van der Waals surface area contributed by atoms with Crippen molar-refractivity contribution in [3.05, 3.63) is 35.9 Å². The molecule has 1 aromatic rings. The molecule has 5 nitrogen and oxygen atoms in total. The minimum atomic E-state index is -1.85. The smallest absolute Gasteiger partial charge is 0.190 e. The van der Waals surface area contributed by atoms with E-state index < -0.39 is 30.8 Å². The lowest BCUT2D eigenvalue weighted by Crippen LogP contribution is -2.46. The van der Waals surface area contributed by atoms with Gasteiger partial charge in [0.2, 0.25) is 0 Å². The van der Waals surface area contributed by atoms with Crippen LogP contribution in [0.1, 0.15) is 11.7 Å². The quantitative estimate of drug-likeness (QED) is 0.700. The Morgan fingerprint density at radius 2 is 1.50 bits per heavy atom. The molecule has 0 aromatic heterocycles. The molecule has 0 aliphatic heterocycles.